The summed E-state index contributed by atoms with van der Waals surface area (Å²) in [6.45, 7) is 3.90. The van der Waals surface area contributed by atoms with Gasteiger partial charge in [0.05, 0.1) is 23.3 Å². The first kappa shape index (κ1) is 16.9. The van der Waals surface area contributed by atoms with Crippen molar-refractivity contribution in [2.24, 2.45) is 0 Å². The van der Waals surface area contributed by atoms with Crippen LogP contribution in [-0.4, -0.2) is 35.7 Å². The average Bonchev–Trinajstić information content (AvgIpc) is 2.45. The van der Waals surface area contributed by atoms with Crippen molar-refractivity contribution in [3.05, 3.63) is 24.3 Å². The largest absolute Gasteiger partial charge is 0.465 e. The molecule has 1 aromatic carbocycles. The van der Waals surface area contributed by atoms with E-state index in [1.165, 1.54) is 11.8 Å². The number of carbonyl (C=O) groups excluding carboxylic acids is 2. The molecule has 20 heavy (non-hydrogen) atoms. The molecule has 0 aliphatic rings. The van der Waals surface area contributed by atoms with Gasteiger partial charge < -0.3 is 10.1 Å². The monoisotopic (exact) mass is 313 g/mol. The molecule has 0 fully saturated rings. The number of rotatable bonds is 7. The van der Waals surface area contributed by atoms with Gasteiger partial charge in [-0.2, -0.15) is 0 Å². The summed E-state index contributed by atoms with van der Waals surface area (Å²) in [5.41, 5.74) is 0.800. The number of nitrogens with one attached hydrogen (secondary N) is 1. The predicted octanol–water partition coefficient (Wildman–Crippen LogP) is 3.03. The van der Waals surface area contributed by atoms with E-state index < -0.39 is 0 Å². The van der Waals surface area contributed by atoms with Gasteiger partial charge in [0.15, 0.2) is 0 Å². The number of esters is 1. The van der Waals surface area contributed by atoms with Gasteiger partial charge in [-0.05, 0) is 32.2 Å². The Hall–Kier alpha value is -1.14. The van der Waals surface area contributed by atoms with E-state index in [1.54, 1.807) is 25.6 Å². The van der Waals surface area contributed by atoms with Crippen LogP contribution in [0.3, 0.4) is 0 Å². The molecule has 4 nitrogen and oxygen atoms in total. The summed E-state index contributed by atoms with van der Waals surface area (Å²) < 4.78 is 4.83. The van der Waals surface area contributed by atoms with Gasteiger partial charge in [-0.3, -0.25) is 9.59 Å². The molecule has 1 atom stereocenters. The lowest BCUT2D eigenvalue weighted by molar-refractivity contribution is -0.139. The van der Waals surface area contributed by atoms with Gasteiger partial charge in [0.2, 0.25) is 5.91 Å². The van der Waals surface area contributed by atoms with Crippen molar-refractivity contribution < 1.29 is 14.3 Å². The number of amides is 1. The molecule has 0 heterocycles. The third-order valence-electron chi connectivity index (χ3n) is 2.49. The molecule has 0 unspecified atom stereocenters. The first-order valence-corrected chi connectivity index (χ1v) is 8.57. The van der Waals surface area contributed by atoms with Crippen LogP contribution in [0.2, 0.25) is 0 Å². The number of benzene rings is 1. The van der Waals surface area contributed by atoms with E-state index in [0.29, 0.717) is 6.61 Å². The van der Waals surface area contributed by atoms with Gasteiger partial charge in [-0.1, -0.05) is 12.1 Å². The zero-order valence-corrected chi connectivity index (χ0v) is 13.5. The Morgan fingerprint density at radius 3 is 2.70 bits per heavy atom. The van der Waals surface area contributed by atoms with Crippen molar-refractivity contribution >= 4 is 41.1 Å². The molecule has 0 aromatic heterocycles. The molecule has 0 aliphatic carbocycles. The highest BCUT2D eigenvalue weighted by Crippen LogP contribution is 2.25. The molecule has 110 valence electrons. The number of ether oxygens (including phenoxy) is 1. The number of hydrogen-bond donors (Lipinski definition) is 1. The lowest BCUT2D eigenvalue weighted by Crippen LogP contribution is -2.24. The van der Waals surface area contributed by atoms with Crippen molar-refractivity contribution in [3.63, 3.8) is 0 Å². The second kappa shape index (κ2) is 8.92. The van der Waals surface area contributed by atoms with Crippen LogP contribution >= 0.6 is 23.5 Å². The molecule has 0 bridgehead atoms. The molecule has 1 aromatic rings. The molecule has 1 N–H and O–H groups in total. The maximum atomic E-state index is 12.1. The fraction of sp³-hybridized carbons (Fsp3) is 0.429. The van der Waals surface area contributed by atoms with Gasteiger partial charge in [0.1, 0.15) is 0 Å². The SMILES string of the molecule is CCOC(=O)CS[C@H](C)C(=O)Nc1ccccc1SC. The number of para-hydroxylation sites is 1. The van der Waals surface area contributed by atoms with Gasteiger partial charge >= 0.3 is 5.97 Å². The minimum atomic E-state index is -0.311. The fourth-order valence-electron chi connectivity index (χ4n) is 1.45. The highest BCUT2D eigenvalue weighted by atomic mass is 32.2. The minimum Gasteiger partial charge on any atom is -0.465 e. The minimum absolute atomic E-state index is 0.110. The topological polar surface area (TPSA) is 55.4 Å². The summed E-state index contributed by atoms with van der Waals surface area (Å²) in [5.74, 6) is -0.213. The van der Waals surface area contributed by atoms with Crippen LogP contribution in [0.5, 0.6) is 0 Å². The summed E-state index contributed by atoms with van der Waals surface area (Å²) >= 11 is 2.85. The molecule has 0 aliphatic heterocycles. The molecule has 6 heteroatoms. The normalized spacial score (nSPS) is 11.8. The van der Waals surface area contributed by atoms with Crippen LogP contribution in [0.25, 0.3) is 0 Å². The second-order valence-corrected chi connectivity index (χ2v) is 6.12. The summed E-state index contributed by atoms with van der Waals surface area (Å²) in [7, 11) is 0. The van der Waals surface area contributed by atoms with E-state index in [2.05, 4.69) is 5.32 Å². The number of hydrogen-bond acceptors (Lipinski definition) is 5. The number of thioether (sulfide) groups is 2. The highest BCUT2D eigenvalue weighted by molar-refractivity contribution is 8.01. The standard InChI is InChI=1S/C14H19NO3S2/c1-4-18-13(16)9-20-10(2)14(17)15-11-7-5-6-8-12(11)19-3/h5-8,10H,4,9H2,1-3H3,(H,15,17)/t10-/m1/s1. The van der Waals surface area contributed by atoms with Crippen LogP contribution in [0.15, 0.2) is 29.2 Å². The molecule has 0 radical (unpaired) electrons. The number of anilines is 1. The highest BCUT2D eigenvalue weighted by Gasteiger charge is 2.16. The average molecular weight is 313 g/mol. The van der Waals surface area contributed by atoms with E-state index >= 15 is 0 Å². The Morgan fingerprint density at radius 1 is 1.35 bits per heavy atom. The van der Waals surface area contributed by atoms with Crippen LogP contribution in [0, 0.1) is 0 Å². The van der Waals surface area contributed by atoms with Gasteiger partial charge in [0, 0.05) is 4.90 Å². The molecule has 0 spiro atoms. The Kier molecular flexibility index (Phi) is 7.54. The van der Waals surface area contributed by atoms with E-state index in [9.17, 15) is 9.59 Å². The van der Waals surface area contributed by atoms with Crippen molar-refractivity contribution in [1.82, 2.24) is 0 Å². The Bertz CT molecular complexity index is 465. The second-order valence-electron chi connectivity index (χ2n) is 3.95. The lowest BCUT2D eigenvalue weighted by atomic mass is 10.3. The van der Waals surface area contributed by atoms with Gasteiger partial charge in [-0.25, -0.2) is 0 Å². The molecule has 0 saturated heterocycles. The Balaban J connectivity index is 2.51. The zero-order valence-electron chi connectivity index (χ0n) is 11.8. The van der Waals surface area contributed by atoms with Crippen molar-refractivity contribution in [1.29, 1.82) is 0 Å². The van der Waals surface area contributed by atoms with Crippen molar-refractivity contribution in [3.8, 4) is 0 Å². The first-order valence-electron chi connectivity index (χ1n) is 6.29. The zero-order chi connectivity index (χ0) is 15.0. The van der Waals surface area contributed by atoms with Crippen LogP contribution in [0.1, 0.15) is 13.8 Å². The van der Waals surface area contributed by atoms with Crippen LogP contribution in [0.4, 0.5) is 5.69 Å². The summed E-state index contributed by atoms with van der Waals surface area (Å²) in [6, 6.07) is 7.63. The summed E-state index contributed by atoms with van der Waals surface area (Å²) in [6.07, 6.45) is 1.96. The van der Waals surface area contributed by atoms with Gasteiger partial charge in [0.25, 0.3) is 0 Å². The first-order chi connectivity index (χ1) is 9.58. The molecule has 1 amide bonds. The smallest absolute Gasteiger partial charge is 0.315 e. The van der Waals surface area contributed by atoms with E-state index in [4.69, 9.17) is 4.74 Å². The summed E-state index contributed by atoms with van der Waals surface area (Å²) in [5, 5.41) is 2.57. The Labute approximate surface area is 128 Å². The fourth-order valence-corrected chi connectivity index (χ4v) is 2.69. The third-order valence-corrected chi connectivity index (χ3v) is 4.40. The van der Waals surface area contributed by atoms with E-state index in [1.807, 2.05) is 30.5 Å². The van der Waals surface area contributed by atoms with Crippen LogP contribution < -0.4 is 5.32 Å². The van der Waals surface area contributed by atoms with E-state index in [-0.39, 0.29) is 22.9 Å². The third kappa shape index (κ3) is 5.46. The quantitative estimate of drug-likeness (QED) is 0.619. The van der Waals surface area contributed by atoms with Gasteiger partial charge in [-0.15, -0.1) is 23.5 Å². The van der Waals surface area contributed by atoms with Crippen LogP contribution in [-0.2, 0) is 14.3 Å². The molecule has 1 rings (SSSR count). The maximum Gasteiger partial charge on any atom is 0.315 e. The van der Waals surface area contributed by atoms with Crippen molar-refractivity contribution in [2.45, 2.75) is 24.0 Å². The predicted molar refractivity (Wildman–Crippen MR) is 85.4 cm³/mol. The number of carbonyl (C=O) groups is 2. The Morgan fingerprint density at radius 2 is 2.05 bits per heavy atom. The van der Waals surface area contributed by atoms with E-state index in [0.717, 1.165) is 10.6 Å². The lowest BCUT2D eigenvalue weighted by Gasteiger charge is -2.13. The maximum absolute atomic E-state index is 12.1. The molecule has 0 saturated carbocycles. The summed E-state index contributed by atoms with van der Waals surface area (Å²) in [4.78, 5) is 24.3. The molecular formula is C14H19NO3S2. The molecular weight excluding hydrogens is 294 g/mol. The van der Waals surface area contributed by atoms with Crippen molar-refractivity contribution in [2.75, 3.05) is 23.9 Å².